The number of carbonyl (C=O) groups is 3. The number of nitrogens with one attached hydrogen (secondary N) is 2. The predicted octanol–water partition coefficient (Wildman–Crippen LogP) is 3.98. The maximum Gasteiger partial charge on any atom is 0.323 e. The van der Waals surface area contributed by atoms with Gasteiger partial charge in [-0.2, -0.15) is 0 Å². The van der Waals surface area contributed by atoms with Crippen LogP contribution in [0, 0.1) is 17.0 Å². The second-order valence-electron chi connectivity index (χ2n) is 11.6. The smallest absolute Gasteiger partial charge is 0.323 e. The van der Waals surface area contributed by atoms with Gasteiger partial charge in [0.05, 0.1) is 5.69 Å². The van der Waals surface area contributed by atoms with Crippen LogP contribution in [0.1, 0.15) is 25.7 Å². The summed E-state index contributed by atoms with van der Waals surface area (Å²) in [7, 11) is 0. The minimum absolute atomic E-state index is 0.122. The van der Waals surface area contributed by atoms with E-state index in [0.717, 1.165) is 62.1 Å². The SMILES string of the molecule is NC(=O)C1(C(=O)N(c2ccc(F)cc2)c2ccc(Oc3ccnc(NC(=O)N4CCC(N5CCNCC5)CC4)c3)cc2F)CC1. The van der Waals surface area contributed by atoms with Gasteiger partial charge >= 0.3 is 6.03 Å². The van der Waals surface area contributed by atoms with Gasteiger partial charge in [-0.05, 0) is 68.1 Å². The van der Waals surface area contributed by atoms with E-state index in [2.05, 4.69) is 20.5 Å². The predicted molar refractivity (Wildman–Crippen MR) is 163 cm³/mol. The average molecular weight is 620 g/mol. The van der Waals surface area contributed by atoms with Gasteiger partial charge in [-0.15, -0.1) is 0 Å². The number of ether oxygens (including phenoxy) is 1. The third-order valence-electron chi connectivity index (χ3n) is 8.70. The van der Waals surface area contributed by atoms with E-state index in [-0.39, 0.29) is 41.8 Å². The van der Waals surface area contributed by atoms with E-state index in [1.54, 1.807) is 11.0 Å². The van der Waals surface area contributed by atoms with Crippen LogP contribution in [0.15, 0.2) is 60.8 Å². The van der Waals surface area contributed by atoms with Crippen molar-refractivity contribution in [2.75, 3.05) is 49.5 Å². The molecule has 3 heterocycles. The first kappa shape index (κ1) is 30.4. The number of piperazine rings is 1. The number of pyridine rings is 1. The standard InChI is InChI=1S/C32H35F2N7O4/c33-21-1-3-23(4-2-21)41(30(43)32(10-11-32)29(35)42)27-6-5-24(19-26(27)34)45-25-7-12-37-28(20-25)38-31(44)40-15-8-22(9-16-40)39-17-13-36-14-18-39/h1-7,12,19-20,22,36H,8-11,13-18H2,(H2,35,42)(H,37,38,44). The lowest BCUT2D eigenvalue weighted by molar-refractivity contribution is -0.133. The highest BCUT2D eigenvalue weighted by molar-refractivity contribution is 6.16. The van der Waals surface area contributed by atoms with Gasteiger partial charge in [-0.25, -0.2) is 18.6 Å². The van der Waals surface area contributed by atoms with Gasteiger partial charge in [0.15, 0.2) is 5.82 Å². The molecule has 3 aliphatic rings. The number of hydrogen-bond donors (Lipinski definition) is 3. The molecule has 1 aromatic heterocycles. The number of aromatic nitrogens is 1. The minimum atomic E-state index is -1.44. The normalized spacial score (nSPS) is 18.2. The molecule has 6 rings (SSSR count). The highest BCUT2D eigenvalue weighted by atomic mass is 19.1. The molecule has 0 unspecified atom stereocenters. The van der Waals surface area contributed by atoms with E-state index in [0.29, 0.717) is 24.9 Å². The van der Waals surface area contributed by atoms with Crippen LogP contribution in [-0.4, -0.2) is 77.9 Å². The van der Waals surface area contributed by atoms with Crippen LogP contribution in [0.5, 0.6) is 11.5 Å². The number of nitrogens with two attached hydrogens (primary N) is 1. The van der Waals surface area contributed by atoms with Gasteiger partial charge in [0, 0.05) is 69.3 Å². The Kier molecular flexibility index (Phi) is 8.63. The van der Waals surface area contributed by atoms with Gasteiger partial charge in [-0.3, -0.25) is 24.7 Å². The van der Waals surface area contributed by atoms with Crippen molar-refractivity contribution in [3.8, 4) is 11.5 Å². The molecule has 1 saturated carbocycles. The van der Waals surface area contributed by atoms with E-state index in [9.17, 15) is 18.8 Å². The van der Waals surface area contributed by atoms with Crippen LogP contribution in [-0.2, 0) is 9.59 Å². The molecule has 1 aliphatic carbocycles. The van der Waals surface area contributed by atoms with Crippen molar-refractivity contribution < 1.29 is 27.9 Å². The number of benzene rings is 2. The second-order valence-corrected chi connectivity index (χ2v) is 11.6. The Hall–Kier alpha value is -4.62. The summed E-state index contributed by atoms with van der Waals surface area (Å²) in [5.41, 5.74) is 4.13. The van der Waals surface area contributed by atoms with Crippen LogP contribution < -0.4 is 26.0 Å². The molecule has 45 heavy (non-hydrogen) atoms. The van der Waals surface area contributed by atoms with Crippen molar-refractivity contribution in [2.45, 2.75) is 31.7 Å². The van der Waals surface area contributed by atoms with E-state index >= 15 is 4.39 Å². The zero-order valence-corrected chi connectivity index (χ0v) is 24.7. The molecule has 0 atom stereocenters. The van der Waals surface area contributed by atoms with Crippen LogP contribution in [0.25, 0.3) is 0 Å². The summed E-state index contributed by atoms with van der Waals surface area (Å²) in [5, 5.41) is 6.19. The fourth-order valence-corrected chi connectivity index (χ4v) is 5.94. The number of primary amides is 1. The van der Waals surface area contributed by atoms with Crippen molar-refractivity contribution in [1.29, 1.82) is 0 Å². The first-order valence-electron chi connectivity index (χ1n) is 15.1. The molecule has 3 fully saturated rings. The molecule has 11 nitrogen and oxygen atoms in total. The Morgan fingerprint density at radius 3 is 2.29 bits per heavy atom. The number of anilines is 3. The number of urea groups is 1. The molecule has 2 saturated heterocycles. The van der Waals surface area contributed by atoms with Gasteiger partial charge in [0.25, 0.3) is 0 Å². The summed E-state index contributed by atoms with van der Waals surface area (Å²) in [4.78, 5) is 48.1. The molecule has 236 valence electrons. The Morgan fingerprint density at radius 1 is 0.956 bits per heavy atom. The summed E-state index contributed by atoms with van der Waals surface area (Å²) in [5.74, 6) is -2.10. The van der Waals surface area contributed by atoms with E-state index in [1.165, 1.54) is 36.5 Å². The summed E-state index contributed by atoms with van der Waals surface area (Å²) in [6.45, 7) is 5.35. The third-order valence-corrected chi connectivity index (χ3v) is 8.70. The average Bonchev–Trinajstić information content (AvgIpc) is 3.86. The van der Waals surface area contributed by atoms with Crippen molar-refractivity contribution in [2.24, 2.45) is 11.1 Å². The first-order chi connectivity index (χ1) is 21.7. The Labute approximate surface area is 259 Å². The maximum absolute atomic E-state index is 15.6. The summed E-state index contributed by atoms with van der Waals surface area (Å²) < 4.78 is 35.1. The molecule has 0 radical (unpaired) electrons. The maximum atomic E-state index is 15.6. The number of amides is 4. The van der Waals surface area contributed by atoms with Crippen molar-refractivity contribution in [1.82, 2.24) is 20.1 Å². The number of rotatable bonds is 8. The topological polar surface area (TPSA) is 133 Å². The molecule has 0 spiro atoms. The number of carbonyl (C=O) groups excluding carboxylic acids is 3. The van der Waals surface area contributed by atoms with Gasteiger partial charge in [0.2, 0.25) is 11.8 Å². The zero-order valence-electron chi connectivity index (χ0n) is 24.7. The van der Waals surface area contributed by atoms with Crippen LogP contribution in [0.2, 0.25) is 0 Å². The number of nitrogens with zero attached hydrogens (tertiary/aromatic N) is 4. The van der Waals surface area contributed by atoms with E-state index < -0.39 is 28.9 Å². The first-order valence-corrected chi connectivity index (χ1v) is 15.1. The summed E-state index contributed by atoms with van der Waals surface area (Å²) >= 11 is 0. The van der Waals surface area contributed by atoms with Crippen molar-refractivity contribution >= 4 is 35.0 Å². The van der Waals surface area contributed by atoms with Crippen LogP contribution in [0.3, 0.4) is 0 Å². The molecule has 3 aromatic rings. The number of halogens is 2. The quantitative estimate of drug-likeness (QED) is 0.325. The zero-order chi connectivity index (χ0) is 31.6. The summed E-state index contributed by atoms with van der Waals surface area (Å²) in [6.07, 6.45) is 3.80. The number of hydrogen-bond acceptors (Lipinski definition) is 7. The molecule has 13 heteroatoms. The molecular formula is C32H35F2N7O4. The highest BCUT2D eigenvalue weighted by Crippen LogP contribution is 2.49. The van der Waals surface area contributed by atoms with E-state index in [4.69, 9.17) is 10.5 Å². The fourth-order valence-electron chi connectivity index (χ4n) is 5.94. The monoisotopic (exact) mass is 619 g/mol. The number of piperidine rings is 1. The third kappa shape index (κ3) is 6.59. The largest absolute Gasteiger partial charge is 0.457 e. The Balaban J connectivity index is 1.12. The van der Waals surface area contributed by atoms with Crippen LogP contribution >= 0.6 is 0 Å². The lowest BCUT2D eigenvalue weighted by Crippen LogP contribution is -2.53. The lowest BCUT2D eigenvalue weighted by atomic mass is 10.0. The minimum Gasteiger partial charge on any atom is -0.457 e. The molecule has 4 amide bonds. The summed E-state index contributed by atoms with van der Waals surface area (Å²) in [6, 6.07) is 12.2. The number of likely N-dealkylation sites (tertiary alicyclic amines) is 1. The molecule has 0 bridgehead atoms. The fraction of sp³-hybridized carbons (Fsp3) is 0.375. The second kappa shape index (κ2) is 12.8. The van der Waals surface area contributed by atoms with Crippen molar-refractivity contribution in [3.05, 3.63) is 72.4 Å². The molecule has 2 aromatic carbocycles. The highest BCUT2D eigenvalue weighted by Gasteiger charge is 2.57. The van der Waals surface area contributed by atoms with Crippen LogP contribution in [0.4, 0.5) is 30.8 Å². The van der Waals surface area contributed by atoms with Gasteiger partial charge < -0.3 is 20.7 Å². The Bertz CT molecular complexity index is 1570. The Morgan fingerprint density at radius 2 is 1.64 bits per heavy atom. The lowest BCUT2D eigenvalue weighted by Gasteiger charge is -2.40. The van der Waals surface area contributed by atoms with Crippen molar-refractivity contribution in [3.63, 3.8) is 0 Å². The molecule has 2 aliphatic heterocycles. The molecular weight excluding hydrogens is 584 g/mol. The van der Waals surface area contributed by atoms with Gasteiger partial charge in [0.1, 0.15) is 28.5 Å². The van der Waals surface area contributed by atoms with E-state index in [1.807, 2.05) is 0 Å². The van der Waals surface area contributed by atoms with Gasteiger partial charge in [-0.1, -0.05) is 0 Å². The molecule has 4 N–H and O–H groups in total.